The average Bonchev–Trinajstić information content (AvgIpc) is 2.73. The van der Waals surface area contributed by atoms with Gasteiger partial charge in [-0.1, -0.05) is 13.8 Å². The zero-order chi connectivity index (χ0) is 22.3. The number of anilines is 1. The average molecular weight is 445 g/mol. The fraction of sp³-hybridized carbons (Fsp3) is 0.478. The quantitative estimate of drug-likeness (QED) is 0.579. The highest BCUT2D eigenvalue weighted by Gasteiger charge is 2.21. The molecule has 1 aliphatic rings. The predicted molar refractivity (Wildman–Crippen MR) is 122 cm³/mol. The lowest BCUT2D eigenvalue weighted by Gasteiger charge is -2.34. The van der Waals surface area contributed by atoms with Gasteiger partial charge in [-0.25, -0.2) is 8.42 Å². The van der Waals surface area contributed by atoms with Crippen LogP contribution >= 0.6 is 0 Å². The van der Waals surface area contributed by atoms with Gasteiger partial charge in [-0.05, 0) is 74.0 Å². The van der Waals surface area contributed by atoms with Gasteiger partial charge in [0, 0.05) is 37.6 Å². The Kier molecular flexibility index (Phi) is 8.03. The summed E-state index contributed by atoms with van der Waals surface area (Å²) in [5.74, 6) is 1.33. The van der Waals surface area contributed by atoms with Gasteiger partial charge in [-0.2, -0.15) is 0 Å². The Balaban J connectivity index is 1.43. The molecule has 2 heterocycles. The molecule has 2 unspecified atom stereocenters. The number of nitrogens with zero attached hydrogens (tertiary/aromatic N) is 2. The molecule has 1 aromatic carbocycles. The zero-order valence-corrected chi connectivity index (χ0v) is 19.1. The van der Waals surface area contributed by atoms with Gasteiger partial charge in [0.1, 0.15) is 0 Å². The number of carbonyl (C=O) groups excluding carboxylic acids is 1. The zero-order valence-electron chi connectivity index (χ0n) is 18.3. The number of sulfonamides is 1. The van der Waals surface area contributed by atoms with Crippen molar-refractivity contribution in [2.24, 2.45) is 11.8 Å². The van der Waals surface area contributed by atoms with Crippen molar-refractivity contribution < 1.29 is 13.2 Å². The Hall–Kier alpha value is -2.45. The van der Waals surface area contributed by atoms with Crippen LogP contribution in [0.4, 0.5) is 5.69 Å². The first kappa shape index (κ1) is 23.2. The molecule has 31 heavy (non-hydrogen) atoms. The van der Waals surface area contributed by atoms with Gasteiger partial charge >= 0.3 is 0 Å². The molecule has 3 rings (SSSR count). The fourth-order valence-electron chi connectivity index (χ4n) is 4.16. The van der Waals surface area contributed by atoms with E-state index in [0.29, 0.717) is 17.8 Å². The first-order valence-corrected chi connectivity index (χ1v) is 12.4. The lowest BCUT2D eigenvalue weighted by atomic mass is 9.92. The minimum atomic E-state index is -3.71. The smallest absolute Gasteiger partial charge is 0.261 e. The predicted octanol–water partition coefficient (Wildman–Crippen LogP) is 3.37. The van der Waals surface area contributed by atoms with Gasteiger partial charge in [0.15, 0.2) is 0 Å². The molecule has 1 aromatic heterocycles. The molecule has 0 saturated carbocycles. The van der Waals surface area contributed by atoms with E-state index in [9.17, 15) is 13.2 Å². The van der Waals surface area contributed by atoms with Crippen LogP contribution in [0.1, 0.15) is 43.5 Å². The number of hydrogen-bond donors (Lipinski definition) is 2. The highest BCUT2D eigenvalue weighted by atomic mass is 32.2. The summed E-state index contributed by atoms with van der Waals surface area (Å²) < 4.78 is 27.4. The molecule has 0 spiro atoms. The third kappa shape index (κ3) is 7.04. The van der Waals surface area contributed by atoms with Crippen molar-refractivity contribution in [2.75, 3.05) is 30.9 Å². The Morgan fingerprint density at radius 3 is 2.32 bits per heavy atom. The van der Waals surface area contributed by atoms with Gasteiger partial charge in [0.25, 0.3) is 15.9 Å². The second-order valence-electron chi connectivity index (χ2n) is 8.53. The second-order valence-corrected chi connectivity index (χ2v) is 10.2. The molecule has 2 atom stereocenters. The topological polar surface area (TPSA) is 91.4 Å². The van der Waals surface area contributed by atoms with E-state index >= 15 is 0 Å². The summed E-state index contributed by atoms with van der Waals surface area (Å²) in [6.07, 6.45) is 6.31. The highest BCUT2D eigenvalue weighted by molar-refractivity contribution is 7.92. The third-order valence-electron chi connectivity index (χ3n) is 5.49. The van der Waals surface area contributed by atoms with Crippen LogP contribution in [0.25, 0.3) is 0 Å². The van der Waals surface area contributed by atoms with Crippen molar-refractivity contribution >= 4 is 21.6 Å². The maximum atomic E-state index is 12.5. The number of aromatic nitrogens is 1. The van der Waals surface area contributed by atoms with Crippen LogP contribution in [0.5, 0.6) is 0 Å². The molecule has 0 bridgehead atoms. The van der Waals surface area contributed by atoms with E-state index in [4.69, 9.17) is 0 Å². The summed E-state index contributed by atoms with van der Waals surface area (Å²) in [5.41, 5.74) is 0.881. The van der Waals surface area contributed by atoms with E-state index in [1.807, 2.05) is 0 Å². The summed E-state index contributed by atoms with van der Waals surface area (Å²) in [7, 11) is -3.71. The van der Waals surface area contributed by atoms with Crippen molar-refractivity contribution in [1.29, 1.82) is 0 Å². The lowest BCUT2D eigenvalue weighted by molar-refractivity contribution is 0.0951. The maximum Gasteiger partial charge on any atom is 0.261 e. The first-order chi connectivity index (χ1) is 14.8. The van der Waals surface area contributed by atoms with Gasteiger partial charge in [-0.15, -0.1) is 0 Å². The number of unbranched alkanes of at least 4 members (excludes halogenated alkanes) is 1. The summed E-state index contributed by atoms with van der Waals surface area (Å²) in [6, 6.07) is 9.10. The SMILES string of the molecule is CC1CC(C)CN(CCCCNC(=O)c2ccc(S(=O)(=O)Nc3ccncc3)cc2)C1. The van der Waals surface area contributed by atoms with E-state index in [0.717, 1.165) is 31.2 Å². The van der Waals surface area contributed by atoms with E-state index in [-0.39, 0.29) is 10.8 Å². The number of nitrogens with one attached hydrogen (secondary N) is 2. The monoisotopic (exact) mass is 444 g/mol. The second kappa shape index (κ2) is 10.7. The third-order valence-corrected chi connectivity index (χ3v) is 6.89. The molecule has 2 N–H and O–H groups in total. The van der Waals surface area contributed by atoms with Crippen molar-refractivity contribution in [3.63, 3.8) is 0 Å². The van der Waals surface area contributed by atoms with E-state index in [1.165, 1.54) is 56.2 Å². The number of rotatable bonds is 9. The molecule has 0 aliphatic carbocycles. The van der Waals surface area contributed by atoms with E-state index in [2.05, 4.69) is 33.8 Å². The van der Waals surface area contributed by atoms with Gasteiger partial charge in [0.05, 0.1) is 10.6 Å². The normalized spacial score (nSPS) is 19.7. The number of likely N-dealkylation sites (tertiary alicyclic amines) is 1. The van der Waals surface area contributed by atoms with Crippen molar-refractivity contribution in [1.82, 2.24) is 15.2 Å². The van der Waals surface area contributed by atoms with Gasteiger partial charge < -0.3 is 10.2 Å². The summed E-state index contributed by atoms with van der Waals surface area (Å²) in [6.45, 7) is 8.65. The summed E-state index contributed by atoms with van der Waals surface area (Å²) in [5, 5.41) is 2.92. The Morgan fingerprint density at radius 1 is 1.03 bits per heavy atom. The number of piperidine rings is 1. The molecule has 1 amide bonds. The summed E-state index contributed by atoms with van der Waals surface area (Å²) >= 11 is 0. The number of pyridine rings is 1. The molecule has 7 nitrogen and oxygen atoms in total. The molecule has 0 radical (unpaired) electrons. The Bertz CT molecular complexity index is 939. The van der Waals surface area contributed by atoms with Crippen molar-refractivity contribution in [2.45, 2.75) is 38.0 Å². The van der Waals surface area contributed by atoms with Crippen LogP contribution in [0.2, 0.25) is 0 Å². The molecule has 168 valence electrons. The maximum absolute atomic E-state index is 12.5. The van der Waals surface area contributed by atoms with Gasteiger partial charge in [0.2, 0.25) is 0 Å². The lowest BCUT2D eigenvalue weighted by Crippen LogP contribution is -2.39. The van der Waals surface area contributed by atoms with Gasteiger partial charge in [-0.3, -0.25) is 14.5 Å². The van der Waals surface area contributed by atoms with Crippen LogP contribution in [0, 0.1) is 11.8 Å². The van der Waals surface area contributed by atoms with Crippen LogP contribution in [-0.4, -0.2) is 50.4 Å². The minimum Gasteiger partial charge on any atom is -0.352 e. The minimum absolute atomic E-state index is 0.103. The van der Waals surface area contributed by atoms with Crippen LogP contribution < -0.4 is 10.0 Å². The Morgan fingerprint density at radius 2 is 1.68 bits per heavy atom. The van der Waals surface area contributed by atoms with E-state index < -0.39 is 10.0 Å². The molecule has 2 aromatic rings. The molecular weight excluding hydrogens is 412 g/mol. The summed E-state index contributed by atoms with van der Waals surface area (Å²) in [4.78, 5) is 18.8. The molecule has 1 saturated heterocycles. The number of hydrogen-bond acceptors (Lipinski definition) is 5. The van der Waals surface area contributed by atoms with Crippen LogP contribution in [0.15, 0.2) is 53.7 Å². The Labute approximate surface area is 185 Å². The standard InChI is InChI=1S/C23H32N4O3S/c1-18-15-19(2)17-27(16-18)14-4-3-11-25-23(28)20-5-7-22(8-6-20)31(29,30)26-21-9-12-24-13-10-21/h5-10,12-13,18-19H,3-4,11,14-17H2,1-2H3,(H,24,26)(H,25,28). The van der Waals surface area contributed by atoms with Crippen LogP contribution in [-0.2, 0) is 10.0 Å². The molecular formula is C23H32N4O3S. The number of amides is 1. The first-order valence-electron chi connectivity index (χ1n) is 10.9. The molecule has 1 fully saturated rings. The largest absolute Gasteiger partial charge is 0.352 e. The van der Waals surface area contributed by atoms with Crippen LogP contribution in [0.3, 0.4) is 0 Å². The highest BCUT2D eigenvalue weighted by Crippen LogP contribution is 2.21. The number of carbonyl (C=O) groups is 1. The van der Waals surface area contributed by atoms with Crippen molar-refractivity contribution in [3.8, 4) is 0 Å². The van der Waals surface area contributed by atoms with Crippen molar-refractivity contribution in [3.05, 3.63) is 54.4 Å². The molecule has 1 aliphatic heterocycles. The molecule has 8 heteroatoms. The number of benzene rings is 1. The van der Waals surface area contributed by atoms with E-state index in [1.54, 1.807) is 12.1 Å². The fourth-order valence-corrected chi connectivity index (χ4v) is 5.22.